The van der Waals surface area contributed by atoms with Crippen LogP contribution in [0.25, 0.3) is 32.7 Å². The molecular formula is C34H22F6N6O8S2. The van der Waals surface area contributed by atoms with Crippen molar-refractivity contribution in [2.45, 2.75) is 22.5 Å². The molecule has 0 saturated heterocycles. The summed E-state index contributed by atoms with van der Waals surface area (Å²) in [6.07, 6.45) is -10.7. The van der Waals surface area contributed by atoms with Gasteiger partial charge >= 0.3 is 12.7 Å². The van der Waals surface area contributed by atoms with Crippen LogP contribution in [0.2, 0.25) is 0 Å². The van der Waals surface area contributed by atoms with Crippen LogP contribution in [0.3, 0.4) is 0 Å². The van der Waals surface area contributed by atoms with Gasteiger partial charge in [0.15, 0.2) is 11.5 Å². The lowest BCUT2D eigenvalue weighted by Crippen LogP contribution is -2.17. The molecule has 0 aliphatic carbocycles. The van der Waals surface area contributed by atoms with Crippen molar-refractivity contribution in [3.05, 3.63) is 97.1 Å². The molecule has 0 atom stereocenters. The number of nitrogens with zero attached hydrogens (tertiary/aromatic N) is 4. The minimum Gasteiger partial charge on any atom is -0.403 e. The van der Waals surface area contributed by atoms with E-state index in [1.165, 1.54) is 24.3 Å². The summed E-state index contributed by atoms with van der Waals surface area (Å²) < 4.78 is 158. The Morgan fingerprint density at radius 3 is 1.21 bits per heavy atom. The Kier molecular flexibility index (Phi) is 10.1. The number of benzene rings is 6. The largest absolute Gasteiger partial charge is 0.573 e. The molecule has 0 saturated carbocycles. The van der Waals surface area contributed by atoms with Gasteiger partial charge in [-0.05, 0) is 58.3 Å². The number of azo groups is 2. The highest BCUT2D eigenvalue weighted by molar-refractivity contribution is 7.86. The Morgan fingerprint density at radius 2 is 0.875 bits per heavy atom. The van der Waals surface area contributed by atoms with E-state index >= 15 is 0 Å². The van der Waals surface area contributed by atoms with Gasteiger partial charge in [-0.3, -0.25) is 9.11 Å². The van der Waals surface area contributed by atoms with Crippen molar-refractivity contribution in [2.24, 2.45) is 20.5 Å². The lowest BCUT2D eigenvalue weighted by atomic mass is 10.0. The maximum atomic E-state index is 13.6. The molecule has 6 aromatic rings. The number of ether oxygens (including phenoxy) is 2. The second-order valence-electron chi connectivity index (χ2n) is 11.5. The van der Waals surface area contributed by atoms with Gasteiger partial charge in [0.1, 0.15) is 32.5 Å². The third-order valence-corrected chi connectivity index (χ3v) is 9.56. The Labute approximate surface area is 311 Å². The molecule has 0 aliphatic heterocycles. The third kappa shape index (κ3) is 8.62. The number of fused-ring (bicyclic) bond motifs is 2. The summed E-state index contributed by atoms with van der Waals surface area (Å²) in [5.74, 6) is -2.09. The molecule has 56 heavy (non-hydrogen) atoms. The van der Waals surface area contributed by atoms with Gasteiger partial charge in [-0.15, -0.1) is 46.8 Å². The van der Waals surface area contributed by atoms with Crippen LogP contribution in [0.4, 0.5) is 60.5 Å². The summed E-state index contributed by atoms with van der Waals surface area (Å²) in [7, 11) is -9.98. The topological polar surface area (TPSA) is 229 Å². The molecule has 0 radical (unpaired) electrons. The van der Waals surface area contributed by atoms with Gasteiger partial charge in [0.05, 0.1) is 11.4 Å². The second kappa shape index (κ2) is 14.4. The molecule has 0 aliphatic rings. The smallest absolute Gasteiger partial charge is 0.403 e. The fourth-order valence-corrected chi connectivity index (χ4v) is 6.79. The van der Waals surface area contributed by atoms with Gasteiger partial charge in [-0.25, -0.2) is 0 Å². The van der Waals surface area contributed by atoms with E-state index in [4.69, 9.17) is 11.5 Å². The van der Waals surface area contributed by atoms with Gasteiger partial charge in [0, 0.05) is 10.8 Å². The van der Waals surface area contributed by atoms with Gasteiger partial charge in [-0.2, -0.15) is 16.8 Å². The molecule has 14 nitrogen and oxygen atoms in total. The van der Waals surface area contributed by atoms with E-state index in [9.17, 15) is 52.3 Å². The van der Waals surface area contributed by atoms with Crippen molar-refractivity contribution < 1.29 is 61.8 Å². The first-order valence-electron chi connectivity index (χ1n) is 15.3. The summed E-state index contributed by atoms with van der Waals surface area (Å²) in [5.41, 5.74) is 8.71. The fraction of sp³-hybridized carbons (Fsp3) is 0.0588. The molecular weight excluding hydrogens is 799 g/mol. The van der Waals surface area contributed by atoms with Crippen molar-refractivity contribution in [3.8, 4) is 22.6 Å². The van der Waals surface area contributed by atoms with Crippen LogP contribution in [0.15, 0.2) is 127 Å². The SMILES string of the molecule is Nc1c(N=Nc2ccc(-c3ccc(N=Nc4c(S(=O)(=O)O)cc5ccccc5c4N)c(OC(F)(F)F)c3)cc2OC(F)(F)F)c(S(=O)(=O)O)cc2ccccc12. The third-order valence-electron chi connectivity index (χ3n) is 7.83. The van der Waals surface area contributed by atoms with E-state index < -0.39 is 77.0 Å². The number of anilines is 2. The van der Waals surface area contributed by atoms with Crippen molar-refractivity contribution in [1.29, 1.82) is 0 Å². The molecule has 6 rings (SSSR count). The number of rotatable bonds is 9. The van der Waals surface area contributed by atoms with Crippen LogP contribution in [0, 0.1) is 0 Å². The first-order valence-corrected chi connectivity index (χ1v) is 18.2. The van der Waals surface area contributed by atoms with E-state index in [0.29, 0.717) is 0 Å². The Balaban J connectivity index is 1.44. The maximum Gasteiger partial charge on any atom is 0.573 e. The number of nitrogen functional groups attached to an aromatic ring is 2. The summed E-state index contributed by atoms with van der Waals surface area (Å²) in [6, 6.07) is 19.7. The lowest BCUT2D eigenvalue weighted by Gasteiger charge is -2.15. The lowest BCUT2D eigenvalue weighted by molar-refractivity contribution is -0.275. The highest BCUT2D eigenvalue weighted by Gasteiger charge is 2.34. The molecule has 6 aromatic carbocycles. The average molecular weight is 821 g/mol. The summed E-state index contributed by atoms with van der Waals surface area (Å²) in [4.78, 5) is -1.61. The first kappa shape index (κ1) is 39.3. The van der Waals surface area contributed by atoms with E-state index in [-0.39, 0.29) is 44.0 Å². The van der Waals surface area contributed by atoms with Gasteiger partial charge in [0.2, 0.25) is 0 Å². The van der Waals surface area contributed by atoms with E-state index in [1.54, 1.807) is 24.3 Å². The molecule has 0 unspecified atom stereocenters. The average Bonchev–Trinajstić information content (AvgIpc) is 3.09. The highest BCUT2D eigenvalue weighted by Crippen LogP contribution is 2.44. The van der Waals surface area contributed by atoms with Crippen LogP contribution < -0.4 is 20.9 Å². The van der Waals surface area contributed by atoms with Crippen molar-refractivity contribution in [2.75, 3.05) is 11.5 Å². The first-order chi connectivity index (χ1) is 26.1. The van der Waals surface area contributed by atoms with E-state index in [1.807, 2.05) is 0 Å². The van der Waals surface area contributed by atoms with Crippen molar-refractivity contribution in [3.63, 3.8) is 0 Å². The van der Waals surface area contributed by atoms with Crippen molar-refractivity contribution >= 4 is 75.9 Å². The van der Waals surface area contributed by atoms with Crippen LogP contribution in [-0.4, -0.2) is 38.7 Å². The molecule has 0 bridgehead atoms. The quantitative estimate of drug-likeness (QED) is 0.0467. The Hall–Kier alpha value is -6.36. The second-order valence-corrected chi connectivity index (χ2v) is 14.3. The van der Waals surface area contributed by atoms with Gasteiger partial charge < -0.3 is 20.9 Å². The molecule has 6 N–H and O–H groups in total. The normalized spacial score (nSPS) is 12.9. The molecule has 0 heterocycles. The molecule has 0 aromatic heterocycles. The zero-order valence-corrected chi connectivity index (χ0v) is 29.2. The zero-order chi connectivity index (χ0) is 40.8. The molecule has 22 heteroatoms. The predicted molar refractivity (Wildman–Crippen MR) is 190 cm³/mol. The minimum atomic E-state index is -5.34. The van der Waals surface area contributed by atoms with E-state index in [0.717, 1.165) is 48.5 Å². The molecule has 290 valence electrons. The number of alkyl halides is 6. The fourth-order valence-electron chi connectivity index (χ4n) is 5.45. The minimum absolute atomic E-state index is 0.199. The predicted octanol–water partition coefficient (Wildman–Crippen LogP) is 9.95. The van der Waals surface area contributed by atoms with Gasteiger partial charge in [-0.1, -0.05) is 60.7 Å². The zero-order valence-electron chi connectivity index (χ0n) is 27.6. The number of nitrogens with two attached hydrogens (primary N) is 2. The van der Waals surface area contributed by atoms with Crippen LogP contribution in [0.1, 0.15) is 0 Å². The van der Waals surface area contributed by atoms with Gasteiger partial charge in [0.25, 0.3) is 20.2 Å². The molecule has 0 spiro atoms. The van der Waals surface area contributed by atoms with Crippen molar-refractivity contribution in [1.82, 2.24) is 0 Å². The molecule has 0 fully saturated rings. The number of hydrogen-bond acceptors (Lipinski definition) is 12. The highest BCUT2D eigenvalue weighted by atomic mass is 32.2. The maximum absolute atomic E-state index is 13.6. The van der Waals surface area contributed by atoms with Crippen LogP contribution in [0.5, 0.6) is 11.5 Å². The summed E-state index contributed by atoms with van der Waals surface area (Å²) in [6.45, 7) is 0. The Bertz CT molecular complexity index is 2640. The van der Waals surface area contributed by atoms with Crippen LogP contribution >= 0.6 is 0 Å². The summed E-state index contributed by atoms with van der Waals surface area (Å²) in [5, 5.41) is 15.9. The summed E-state index contributed by atoms with van der Waals surface area (Å²) >= 11 is 0. The number of hydrogen-bond donors (Lipinski definition) is 4. The standard InChI is InChI=1S/C34H22F6N6O8S2/c35-33(36,37)53-25-13-17(9-11-23(25)43-45-31-27(55(47,48)49)15-19-5-1-3-7-21(19)29(31)41)18-10-12-24(26(14-18)54-34(38,39)40)44-46-32-28(56(50,51)52)16-20-6-2-4-8-22(20)30(32)42/h1-16H,41-42H2,(H,47,48,49)(H,50,51,52). The Morgan fingerprint density at radius 1 is 0.518 bits per heavy atom. The van der Waals surface area contributed by atoms with Crippen LogP contribution in [-0.2, 0) is 20.2 Å². The number of halogens is 6. The molecule has 0 amide bonds. The monoisotopic (exact) mass is 820 g/mol. The van der Waals surface area contributed by atoms with E-state index in [2.05, 4.69) is 29.9 Å².